The highest BCUT2D eigenvalue weighted by Gasteiger charge is 2.44. The molecule has 0 spiro atoms. The smallest absolute Gasteiger partial charge is 0.381 e. The Bertz CT molecular complexity index is 1120. The summed E-state index contributed by atoms with van der Waals surface area (Å²) in [6.45, 7) is 4.20. The molecule has 12 heteroatoms. The van der Waals surface area contributed by atoms with E-state index in [0.717, 1.165) is 25.7 Å². The number of nitro groups is 1. The molecule has 0 unspecified atom stereocenters. The van der Waals surface area contributed by atoms with E-state index in [0.29, 0.717) is 17.7 Å². The molecule has 1 saturated heterocycles. The number of amides is 1. The van der Waals surface area contributed by atoms with Crippen molar-refractivity contribution in [2.75, 3.05) is 20.3 Å². The van der Waals surface area contributed by atoms with E-state index < -0.39 is 35.0 Å². The van der Waals surface area contributed by atoms with Gasteiger partial charge in [0.15, 0.2) is 0 Å². The zero-order chi connectivity index (χ0) is 27.7. The first kappa shape index (κ1) is 28.6. The van der Waals surface area contributed by atoms with Gasteiger partial charge in [-0.2, -0.15) is 0 Å². The van der Waals surface area contributed by atoms with Crippen molar-refractivity contribution in [1.82, 2.24) is 14.5 Å². The van der Waals surface area contributed by atoms with Crippen LogP contribution in [0.1, 0.15) is 68.8 Å². The number of imidazole rings is 1. The summed E-state index contributed by atoms with van der Waals surface area (Å²) in [6.07, 6.45) is 6.34. The van der Waals surface area contributed by atoms with Crippen LogP contribution in [0.15, 0.2) is 36.8 Å². The second-order valence-corrected chi connectivity index (χ2v) is 9.05. The van der Waals surface area contributed by atoms with E-state index in [2.05, 4.69) is 11.9 Å². The van der Waals surface area contributed by atoms with Gasteiger partial charge in [0.05, 0.1) is 25.8 Å². The van der Waals surface area contributed by atoms with Crippen molar-refractivity contribution in [3.8, 4) is 5.75 Å². The molecule has 1 fully saturated rings. The van der Waals surface area contributed by atoms with Crippen LogP contribution >= 0.6 is 0 Å². The van der Waals surface area contributed by atoms with Gasteiger partial charge in [0.1, 0.15) is 30.1 Å². The number of benzene rings is 1. The minimum absolute atomic E-state index is 0.125. The minimum atomic E-state index is -0.868. The zero-order valence-corrected chi connectivity index (χ0v) is 21.9. The molecule has 2 heterocycles. The molecule has 1 aliphatic rings. The maximum atomic E-state index is 13.8. The third kappa shape index (κ3) is 7.08. The van der Waals surface area contributed by atoms with Gasteiger partial charge in [-0.3, -0.25) is 9.36 Å². The Morgan fingerprint density at radius 1 is 1.16 bits per heavy atom. The van der Waals surface area contributed by atoms with Gasteiger partial charge in [-0.15, -0.1) is 0 Å². The molecule has 2 aromatic rings. The largest absolute Gasteiger partial charge is 0.488 e. The molecule has 1 aromatic carbocycles. The van der Waals surface area contributed by atoms with Crippen molar-refractivity contribution in [2.24, 2.45) is 0 Å². The van der Waals surface area contributed by atoms with Crippen molar-refractivity contribution in [1.29, 1.82) is 0 Å². The van der Waals surface area contributed by atoms with Gasteiger partial charge >= 0.3 is 17.8 Å². The lowest BCUT2D eigenvalue weighted by Gasteiger charge is -2.27. The number of rotatable bonds is 13. The van der Waals surface area contributed by atoms with Crippen LogP contribution < -0.4 is 4.74 Å². The summed E-state index contributed by atoms with van der Waals surface area (Å²) in [5.41, 5.74) is 0.384. The first-order valence-electron chi connectivity index (χ1n) is 12.8. The predicted octanol–water partition coefficient (Wildman–Crippen LogP) is 3.70. The number of carbonyl (C=O) groups is 3. The molecule has 12 nitrogen and oxygen atoms in total. The fraction of sp³-hybridized carbons (Fsp3) is 0.538. The summed E-state index contributed by atoms with van der Waals surface area (Å²) < 4.78 is 17.4. The van der Waals surface area contributed by atoms with E-state index >= 15 is 0 Å². The number of likely N-dealkylation sites (tertiary alicyclic amines) is 1. The van der Waals surface area contributed by atoms with Crippen molar-refractivity contribution in [3.63, 3.8) is 0 Å². The van der Waals surface area contributed by atoms with Crippen LogP contribution in [0.2, 0.25) is 0 Å². The molecule has 206 valence electrons. The standard InChI is InChI=1S/C26H34N4O8/c1-4-6-7-8-9-21(28-16-23(27-17-28)30(34)35)24(31)29-15-20(14-22(29)26(33)36-3)38-19-12-10-18(11-13-19)25(32)37-5-2/h10-13,16-17,20-22H,4-9,14-15H2,1-3H3/t20-,21+,22-/m0/s1. The van der Waals surface area contributed by atoms with E-state index in [1.54, 1.807) is 31.2 Å². The molecule has 0 saturated carbocycles. The molecule has 1 aromatic heterocycles. The Morgan fingerprint density at radius 3 is 2.50 bits per heavy atom. The molecule has 38 heavy (non-hydrogen) atoms. The molecule has 3 atom stereocenters. The van der Waals surface area contributed by atoms with Crippen molar-refractivity contribution in [2.45, 2.75) is 70.6 Å². The highest BCUT2D eigenvalue weighted by atomic mass is 16.6. The maximum Gasteiger partial charge on any atom is 0.381 e. The fourth-order valence-electron chi connectivity index (χ4n) is 4.51. The topological polar surface area (TPSA) is 143 Å². The van der Waals surface area contributed by atoms with Crippen LogP contribution in [0, 0.1) is 10.1 Å². The van der Waals surface area contributed by atoms with Crippen LogP contribution in [0.5, 0.6) is 5.75 Å². The fourth-order valence-corrected chi connectivity index (χ4v) is 4.51. The van der Waals surface area contributed by atoms with E-state index in [-0.39, 0.29) is 31.3 Å². The normalized spacial score (nSPS) is 17.6. The molecule has 1 amide bonds. The Morgan fingerprint density at radius 2 is 1.89 bits per heavy atom. The van der Waals surface area contributed by atoms with Gasteiger partial charge in [0.25, 0.3) is 0 Å². The molecular weight excluding hydrogens is 496 g/mol. The number of ether oxygens (including phenoxy) is 3. The summed E-state index contributed by atoms with van der Waals surface area (Å²) in [7, 11) is 1.26. The molecule has 1 aliphatic heterocycles. The van der Waals surface area contributed by atoms with Crippen LogP contribution in [0.4, 0.5) is 5.82 Å². The van der Waals surface area contributed by atoms with Gasteiger partial charge in [0.2, 0.25) is 12.2 Å². The van der Waals surface area contributed by atoms with Gasteiger partial charge in [0, 0.05) is 6.42 Å². The molecule has 0 aliphatic carbocycles. The van der Waals surface area contributed by atoms with Gasteiger partial charge in [-0.05, 0) is 47.5 Å². The zero-order valence-electron chi connectivity index (χ0n) is 21.9. The molecule has 0 radical (unpaired) electrons. The number of hydrogen-bond donors (Lipinski definition) is 0. The van der Waals surface area contributed by atoms with Crippen molar-refractivity contribution < 1.29 is 33.5 Å². The van der Waals surface area contributed by atoms with Crippen LogP contribution in [0.3, 0.4) is 0 Å². The SMILES string of the molecule is CCCCCC[C@H](C(=O)N1C[C@@H](Oc2ccc(C(=O)OCC)cc2)C[C@H]1C(=O)OC)n1cnc([N+](=O)[O-])c1. The number of nitrogens with zero attached hydrogens (tertiary/aromatic N) is 4. The Hall–Kier alpha value is -3.96. The number of hydrogen-bond acceptors (Lipinski definition) is 9. The quantitative estimate of drug-likeness (QED) is 0.164. The second-order valence-electron chi connectivity index (χ2n) is 9.05. The van der Waals surface area contributed by atoms with Gasteiger partial charge < -0.3 is 29.2 Å². The highest BCUT2D eigenvalue weighted by Crippen LogP contribution is 2.29. The minimum Gasteiger partial charge on any atom is -0.488 e. The third-order valence-electron chi connectivity index (χ3n) is 6.44. The van der Waals surface area contributed by atoms with Gasteiger partial charge in [-0.1, -0.05) is 32.6 Å². The Kier molecular flexibility index (Phi) is 10.2. The first-order chi connectivity index (χ1) is 18.3. The average Bonchev–Trinajstić information content (AvgIpc) is 3.56. The van der Waals surface area contributed by atoms with E-state index in [1.165, 1.54) is 29.1 Å². The Balaban J connectivity index is 1.79. The Labute approximate surface area is 221 Å². The second kappa shape index (κ2) is 13.5. The lowest BCUT2D eigenvalue weighted by molar-refractivity contribution is -0.389. The summed E-state index contributed by atoms with van der Waals surface area (Å²) >= 11 is 0. The number of esters is 2. The molecule has 0 bridgehead atoms. The summed E-state index contributed by atoms with van der Waals surface area (Å²) in [6, 6.07) is 4.80. The van der Waals surface area contributed by atoms with E-state index in [4.69, 9.17) is 14.2 Å². The molecule has 0 N–H and O–H groups in total. The number of aromatic nitrogens is 2. The third-order valence-corrected chi connectivity index (χ3v) is 6.44. The summed E-state index contributed by atoms with van der Waals surface area (Å²) in [5.74, 6) is -1.24. The van der Waals surface area contributed by atoms with Crippen molar-refractivity contribution >= 4 is 23.7 Å². The molecular formula is C26H34N4O8. The van der Waals surface area contributed by atoms with E-state index in [9.17, 15) is 24.5 Å². The number of methoxy groups -OCH3 is 1. The average molecular weight is 531 g/mol. The maximum absolute atomic E-state index is 13.8. The van der Waals surface area contributed by atoms with Crippen LogP contribution in [-0.2, 0) is 19.1 Å². The monoisotopic (exact) mass is 530 g/mol. The van der Waals surface area contributed by atoms with E-state index in [1.807, 2.05) is 0 Å². The lowest BCUT2D eigenvalue weighted by atomic mass is 10.1. The van der Waals surface area contributed by atoms with Crippen LogP contribution in [0.25, 0.3) is 0 Å². The highest BCUT2D eigenvalue weighted by molar-refractivity contribution is 5.89. The van der Waals surface area contributed by atoms with Gasteiger partial charge in [-0.25, -0.2) is 9.59 Å². The summed E-state index contributed by atoms with van der Waals surface area (Å²) in [5, 5.41) is 11.2. The number of carbonyl (C=O) groups excluding carboxylic acids is 3. The predicted molar refractivity (Wildman–Crippen MR) is 136 cm³/mol. The lowest BCUT2D eigenvalue weighted by Crippen LogP contribution is -2.44. The number of unbranched alkanes of at least 4 members (excludes halogenated alkanes) is 3. The van der Waals surface area contributed by atoms with Crippen molar-refractivity contribution in [3.05, 3.63) is 52.5 Å². The van der Waals surface area contributed by atoms with Crippen LogP contribution in [-0.4, -0.2) is 69.6 Å². The first-order valence-corrected chi connectivity index (χ1v) is 12.8. The summed E-state index contributed by atoms with van der Waals surface area (Å²) in [4.78, 5) is 54.1. The molecule has 3 rings (SSSR count).